The normalized spacial score (nSPS) is 12.1. The van der Waals surface area contributed by atoms with Crippen LogP contribution in [0.4, 0.5) is 0 Å². The van der Waals surface area contributed by atoms with Crippen LogP contribution < -0.4 is 18.9 Å². The van der Waals surface area contributed by atoms with Gasteiger partial charge in [0.15, 0.2) is 10.1 Å². The minimum Gasteiger partial charge on any atom is -0.497 e. The van der Waals surface area contributed by atoms with Crippen LogP contribution in [0, 0.1) is 0 Å². The summed E-state index contributed by atoms with van der Waals surface area (Å²) in [6.07, 6.45) is 2.98. The Morgan fingerprint density at radius 2 is 0.948 bits per heavy atom. The molecule has 17 heteroatoms. The van der Waals surface area contributed by atoms with Crippen molar-refractivity contribution in [2.75, 3.05) is 35.0 Å². The summed E-state index contributed by atoms with van der Waals surface area (Å²) >= 11 is 0. The summed E-state index contributed by atoms with van der Waals surface area (Å²) in [5, 5.41) is 19.9. The molecule has 0 unspecified atom stereocenters. The van der Waals surface area contributed by atoms with Crippen molar-refractivity contribution in [2.24, 2.45) is 0 Å². The number of rotatable bonds is 18. The molecule has 0 fully saturated rings. The Kier molecular flexibility index (Phi) is 15.1. The van der Waals surface area contributed by atoms with Gasteiger partial charge >= 0.3 is 0 Å². The van der Waals surface area contributed by atoms with E-state index in [0.717, 1.165) is 33.8 Å². The summed E-state index contributed by atoms with van der Waals surface area (Å²) in [5.74, 6) is 2.84. The molecular formula is C41H48N6O9S2. The second kappa shape index (κ2) is 20.1. The van der Waals surface area contributed by atoms with Gasteiger partial charge in [0.05, 0.1) is 47.3 Å². The molecule has 0 bridgehead atoms. The molecule has 0 radical (unpaired) electrons. The van der Waals surface area contributed by atoms with Gasteiger partial charge in [-0.25, -0.2) is 16.8 Å². The van der Waals surface area contributed by atoms with Gasteiger partial charge in [0, 0.05) is 32.4 Å². The zero-order valence-electron chi connectivity index (χ0n) is 32.9. The number of H-pyrrole nitrogens is 1. The van der Waals surface area contributed by atoms with E-state index < -0.39 is 20.0 Å². The molecule has 0 aliphatic carbocycles. The Morgan fingerprint density at radius 3 is 1.26 bits per heavy atom. The van der Waals surface area contributed by atoms with Crippen molar-refractivity contribution in [1.29, 1.82) is 0 Å². The Hall–Kier alpha value is -5.72. The van der Waals surface area contributed by atoms with E-state index >= 15 is 0 Å². The fourth-order valence-corrected chi connectivity index (χ4v) is 8.29. The molecule has 2 aromatic heterocycles. The van der Waals surface area contributed by atoms with Crippen LogP contribution in [-0.2, 0) is 46.2 Å². The number of benzene rings is 4. The van der Waals surface area contributed by atoms with Gasteiger partial charge in [-0.15, -0.1) is 0 Å². The molecule has 0 aliphatic rings. The third-order valence-corrected chi connectivity index (χ3v) is 12.5. The van der Waals surface area contributed by atoms with Crippen LogP contribution in [0.2, 0.25) is 0 Å². The SMILES string of the molecule is COc1ccc(CN(Cc2ccc(OC)cc2)S(=O)(=O)c2ccn([C@H](C)CO)n2)cc1.COc1ccc(CN(Cc2ccc(OC)cc2)S(=O)(=O)c2ccn[nH]2)cc1. The van der Waals surface area contributed by atoms with Crippen LogP contribution >= 0.6 is 0 Å². The van der Waals surface area contributed by atoms with E-state index in [0.29, 0.717) is 11.5 Å². The van der Waals surface area contributed by atoms with Crippen molar-refractivity contribution in [3.63, 3.8) is 0 Å². The van der Waals surface area contributed by atoms with Gasteiger partial charge in [0.25, 0.3) is 20.0 Å². The summed E-state index contributed by atoms with van der Waals surface area (Å²) < 4.78 is 77.9. The van der Waals surface area contributed by atoms with Gasteiger partial charge in [0.1, 0.15) is 23.0 Å². The van der Waals surface area contributed by atoms with E-state index in [2.05, 4.69) is 15.3 Å². The molecule has 0 amide bonds. The quantitative estimate of drug-likeness (QED) is 0.109. The molecule has 6 aromatic rings. The maximum Gasteiger partial charge on any atom is 0.262 e. The molecule has 0 aliphatic heterocycles. The van der Waals surface area contributed by atoms with E-state index in [-0.39, 0.29) is 48.9 Å². The third kappa shape index (κ3) is 11.2. The van der Waals surface area contributed by atoms with E-state index in [1.807, 2.05) is 72.8 Å². The van der Waals surface area contributed by atoms with Gasteiger partial charge in [-0.3, -0.25) is 9.78 Å². The molecule has 6 rings (SSSR count). The lowest BCUT2D eigenvalue weighted by atomic mass is 10.2. The molecule has 2 N–H and O–H groups in total. The van der Waals surface area contributed by atoms with Gasteiger partial charge in [-0.2, -0.15) is 18.8 Å². The van der Waals surface area contributed by atoms with E-state index in [9.17, 15) is 21.9 Å². The fourth-order valence-electron chi connectivity index (χ4n) is 5.64. The first-order valence-electron chi connectivity index (χ1n) is 18.1. The number of sulfonamides is 2. The largest absolute Gasteiger partial charge is 0.497 e. The monoisotopic (exact) mass is 832 g/mol. The van der Waals surface area contributed by atoms with Crippen molar-refractivity contribution in [3.05, 3.63) is 144 Å². The first-order chi connectivity index (χ1) is 27.9. The minimum atomic E-state index is -3.89. The van der Waals surface area contributed by atoms with Crippen LogP contribution in [0.15, 0.2) is 132 Å². The van der Waals surface area contributed by atoms with Crippen LogP contribution in [0.1, 0.15) is 35.2 Å². The van der Waals surface area contributed by atoms with Crippen molar-refractivity contribution < 1.29 is 40.9 Å². The number of hydrogen-bond donors (Lipinski definition) is 2. The fraction of sp³-hybridized carbons (Fsp3) is 0.268. The summed E-state index contributed by atoms with van der Waals surface area (Å²) in [5.41, 5.74) is 3.35. The maximum atomic E-state index is 13.4. The third-order valence-electron chi connectivity index (χ3n) is 9.07. The summed E-state index contributed by atoms with van der Waals surface area (Å²) in [4.78, 5) is 0. The van der Waals surface area contributed by atoms with Crippen LogP contribution in [0.3, 0.4) is 0 Å². The molecule has 0 saturated heterocycles. The lowest BCUT2D eigenvalue weighted by Crippen LogP contribution is -2.31. The highest BCUT2D eigenvalue weighted by molar-refractivity contribution is 7.89. The lowest BCUT2D eigenvalue weighted by Gasteiger charge is -2.22. The standard InChI is InChI=1S/C22H27N3O5S.C19H21N3O4S/c1-17(16-26)25-13-12-22(23-25)31(27,28)24(14-18-4-8-20(29-2)9-5-18)15-19-6-10-21(30-3)11-7-19;1-25-17-7-3-15(4-8-17)13-22(27(23,24)19-11-12-20-21-19)14-16-5-9-18(26-2)10-6-16/h4-13,17,26H,14-16H2,1-3H3;3-12H,13-14H2,1-2H3,(H,20,21)/t17-;/m1./s1. The molecule has 58 heavy (non-hydrogen) atoms. The van der Waals surface area contributed by atoms with E-state index in [4.69, 9.17) is 18.9 Å². The second-order valence-corrected chi connectivity index (χ2v) is 16.8. The summed E-state index contributed by atoms with van der Waals surface area (Å²) in [6, 6.07) is 31.7. The van der Waals surface area contributed by atoms with Gasteiger partial charge < -0.3 is 24.1 Å². The summed E-state index contributed by atoms with van der Waals surface area (Å²) in [7, 11) is -1.28. The van der Waals surface area contributed by atoms with Crippen LogP contribution in [0.5, 0.6) is 23.0 Å². The number of aliphatic hydroxyl groups is 1. The number of nitrogens with one attached hydrogen (secondary N) is 1. The summed E-state index contributed by atoms with van der Waals surface area (Å²) in [6.45, 7) is 2.40. The minimum absolute atomic E-state index is 0.0597. The zero-order chi connectivity index (χ0) is 41.7. The Labute approximate surface area is 339 Å². The zero-order valence-corrected chi connectivity index (χ0v) is 34.6. The number of methoxy groups -OCH3 is 4. The van der Waals surface area contributed by atoms with Crippen LogP contribution in [-0.4, -0.2) is 85.6 Å². The number of aromatic amines is 1. The average Bonchev–Trinajstić information content (AvgIpc) is 3.99. The second-order valence-electron chi connectivity index (χ2n) is 13.0. The first kappa shape index (κ1) is 43.4. The lowest BCUT2D eigenvalue weighted by molar-refractivity contribution is 0.228. The Bertz CT molecular complexity index is 2270. The molecular weight excluding hydrogens is 785 g/mol. The highest BCUT2D eigenvalue weighted by atomic mass is 32.2. The van der Waals surface area contributed by atoms with Crippen molar-refractivity contribution in [1.82, 2.24) is 28.6 Å². The first-order valence-corrected chi connectivity index (χ1v) is 21.0. The molecule has 0 saturated carbocycles. The number of nitrogens with zero attached hydrogens (tertiary/aromatic N) is 5. The van der Waals surface area contributed by atoms with Crippen molar-refractivity contribution in [2.45, 2.75) is 49.2 Å². The van der Waals surface area contributed by atoms with Crippen molar-refractivity contribution >= 4 is 20.0 Å². The van der Waals surface area contributed by atoms with Gasteiger partial charge in [-0.1, -0.05) is 48.5 Å². The molecule has 1 atom stereocenters. The highest BCUT2D eigenvalue weighted by Crippen LogP contribution is 2.25. The van der Waals surface area contributed by atoms with Gasteiger partial charge in [0.2, 0.25) is 0 Å². The topological polar surface area (TPSA) is 178 Å². The maximum absolute atomic E-state index is 13.4. The number of aliphatic hydroxyl groups excluding tert-OH is 1. The molecule has 4 aromatic carbocycles. The average molecular weight is 833 g/mol. The Balaban J connectivity index is 0.000000223. The van der Waals surface area contributed by atoms with Crippen molar-refractivity contribution in [3.8, 4) is 23.0 Å². The predicted octanol–water partition coefficient (Wildman–Crippen LogP) is 5.66. The smallest absolute Gasteiger partial charge is 0.262 e. The van der Waals surface area contributed by atoms with Gasteiger partial charge in [-0.05, 0) is 89.8 Å². The molecule has 0 spiro atoms. The number of hydrogen-bond acceptors (Lipinski definition) is 11. The van der Waals surface area contributed by atoms with E-state index in [1.54, 1.807) is 65.8 Å². The Morgan fingerprint density at radius 1 is 0.586 bits per heavy atom. The molecule has 2 heterocycles. The highest BCUT2D eigenvalue weighted by Gasteiger charge is 2.29. The van der Waals surface area contributed by atoms with Crippen LogP contribution in [0.25, 0.3) is 0 Å². The predicted molar refractivity (Wildman–Crippen MR) is 217 cm³/mol. The number of aromatic nitrogens is 4. The number of ether oxygens (including phenoxy) is 4. The molecule has 15 nitrogen and oxygen atoms in total. The molecule has 308 valence electrons. The van der Waals surface area contributed by atoms with E-state index in [1.165, 1.54) is 31.6 Å².